The molecule has 0 bridgehead atoms. The van der Waals surface area contributed by atoms with Gasteiger partial charge in [-0.1, -0.05) is 0 Å². The van der Waals surface area contributed by atoms with Gasteiger partial charge in [0.1, 0.15) is 5.82 Å². The fourth-order valence-corrected chi connectivity index (χ4v) is 3.86. The Morgan fingerprint density at radius 2 is 1.96 bits per heavy atom. The number of aliphatic hydroxyl groups is 1. The molecular formula is C18H29N5O3. The molecule has 0 spiro atoms. The van der Waals surface area contributed by atoms with Crippen molar-refractivity contribution in [2.45, 2.75) is 75.7 Å². The van der Waals surface area contributed by atoms with Crippen LogP contribution in [-0.2, 0) is 4.74 Å². The Kier molecular flexibility index (Phi) is 6.26. The summed E-state index contributed by atoms with van der Waals surface area (Å²) < 4.78 is 5.40. The lowest BCUT2D eigenvalue weighted by atomic mass is 9.93. The van der Waals surface area contributed by atoms with Crippen LogP contribution in [0.15, 0.2) is 6.20 Å². The zero-order chi connectivity index (χ0) is 18.5. The van der Waals surface area contributed by atoms with Gasteiger partial charge in [0.15, 0.2) is 0 Å². The van der Waals surface area contributed by atoms with E-state index in [1.54, 1.807) is 7.11 Å². The van der Waals surface area contributed by atoms with Gasteiger partial charge in [-0.25, -0.2) is 4.98 Å². The number of carbonyl (C=O) groups is 1. The van der Waals surface area contributed by atoms with Crippen molar-refractivity contribution in [3.8, 4) is 0 Å². The van der Waals surface area contributed by atoms with E-state index in [9.17, 15) is 9.90 Å². The van der Waals surface area contributed by atoms with Crippen molar-refractivity contribution in [2.24, 2.45) is 5.73 Å². The van der Waals surface area contributed by atoms with E-state index in [2.05, 4.69) is 20.6 Å². The van der Waals surface area contributed by atoms with Crippen molar-refractivity contribution in [3.05, 3.63) is 11.8 Å². The number of nitrogens with two attached hydrogens (primary N) is 1. The number of aromatic nitrogens is 2. The molecule has 26 heavy (non-hydrogen) atoms. The van der Waals surface area contributed by atoms with Crippen LogP contribution in [0.3, 0.4) is 0 Å². The Balaban J connectivity index is 1.68. The van der Waals surface area contributed by atoms with E-state index in [0.717, 1.165) is 44.9 Å². The van der Waals surface area contributed by atoms with E-state index in [-0.39, 0.29) is 17.7 Å². The molecule has 1 aromatic rings. The SMILES string of the molecule is CO[C@H]1CC[C@H](Nc2ncc(C(N)=O)c(NC3CCC[C@@H](O)C3)n2)CC1. The van der Waals surface area contributed by atoms with Gasteiger partial charge >= 0.3 is 0 Å². The van der Waals surface area contributed by atoms with E-state index in [0.29, 0.717) is 30.3 Å². The van der Waals surface area contributed by atoms with E-state index in [4.69, 9.17) is 10.5 Å². The molecule has 1 unspecified atom stereocenters. The molecule has 5 N–H and O–H groups in total. The van der Waals surface area contributed by atoms with Gasteiger partial charge in [-0.2, -0.15) is 4.98 Å². The highest BCUT2D eigenvalue weighted by molar-refractivity contribution is 5.97. The Bertz CT molecular complexity index is 619. The molecule has 1 aromatic heterocycles. The first kappa shape index (κ1) is 18.8. The van der Waals surface area contributed by atoms with Gasteiger partial charge in [0.2, 0.25) is 5.95 Å². The van der Waals surface area contributed by atoms with Gasteiger partial charge in [0, 0.05) is 25.4 Å². The van der Waals surface area contributed by atoms with Gasteiger partial charge in [-0.05, 0) is 51.4 Å². The van der Waals surface area contributed by atoms with Crippen molar-refractivity contribution >= 4 is 17.7 Å². The first-order valence-electron chi connectivity index (χ1n) is 9.46. The van der Waals surface area contributed by atoms with Crippen LogP contribution in [0.2, 0.25) is 0 Å². The van der Waals surface area contributed by atoms with Crippen molar-refractivity contribution < 1.29 is 14.6 Å². The lowest BCUT2D eigenvalue weighted by molar-refractivity contribution is 0.0681. The number of carbonyl (C=O) groups excluding carboxylic acids is 1. The molecule has 2 aliphatic carbocycles. The molecule has 2 aliphatic rings. The molecule has 1 amide bonds. The average Bonchev–Trinajstić information content (AvgIpc) is 2.62. The molecule has 2 atom stereocenters. The topological polar surface area (TPSA) is 122 Å². The molecule has 0 aromatic carbocycles. The lowest BCUT2D eigenvalue weighted by Crippen LogP contribution is -2.32. The highest BCUT2D eigenvalue weighted by atomic mass is 16.5. The van der Waals surface area contributed by atoms with E-state index >= 15 is 0 Å². The molecule has 8 heteroatoms. The summed E-state index contributed by atoms with van der Waals surface area (Å²) in [6.45, 7) is 0. The fraction of sp³-hybridized carbons (Fsp3) is 0.722. The van der Waals surface area contributed by atoms with Gasteiger partial charge in [0.05, 0.1) is 17.8 Å². The Morgan fingerprint density at radius 1 is 1.19 bits per heavy atom. The second-order valence-corrected chi connectivity index (χ2v) is 7.34. The van der Waals surface area contributed by atoms with E-state index < -0.39 is 5.91 Å². The smallest absolute Gasteiger partial charge is 0.254 e. The van der Waals surface area contributed by atoms with Gasteiger partial charge in [-0.3, -0.25) is 4.79 Å². The number of nitrogens with zero attached hydrogens (tertiary/aromatic N) is 2. The van der Waals surface area contributed by atoms with Crippen LogP contribution in [0.25, 0.3) is 0 Å². The third kappa shape index (κ3) is 4.82. The highest BCUT2D eigenvalue weighted by Gasteiger charge is 2.24. The number of aliphatic hydroxyl groups excluding tert-OH is 1. The van der Waals surface area contributed by atoms with Crippen LogP contribution in [-0.4, -0.2) is 52.4 Å². The van der Waals surface area contributed by atoms with Crippen LogP contribution in [0.5, 0.6) is 0 Å². The third-order valence-corrected chi connectivity index (χ3v) is 5.38. The van der Waals surface area contributed by atoms with Crippen LogP contribution in [0.4, 0.5) is 11.8 Å². The molecule has 0 saturated heterocycles. The van der Waals surface area contributed by atoms with E-state index in [1.165, 1.54) is 6.20 Å². The normalized spacial score (nSPS) is 29.2. The molecular weight excluding hydrogens is 334 g/mol. The summed E-state index contributed by atoms with van der Waals surface area (Å²) in [6, 6.07) is 0.377. The molecule has 1 heterocycles. The van der Waals surface area contributed by atoms with Crippen LogP contribution in [0.1, 0.15) is 61.7 Å². The van der Waals surface area contributed by atoms with Gasteiger partial charge in [0.25, 0.3) is 5.91 Å². The summed E-state index contributed by atoms with van der Waals surface area (Å²) in [7, 11) is 1.75. The maximum absolute atomic E-state index is 11.7. The standard InChI is InChI=1S/C18H29N5O3/c1-26-14-7-5-11(6-8-14)22-18-20-10-15(16(19)25)17(23-18)21-12-3-2-4-13(24)9-12/h10-14,24H,2-9H2,1H3,(H2,19,25)(H2,20,21,22,23)/t11-,12?,13-,14-/m1/s1. The molecule has 144 valence electrons. The molecule has 2 fully saturated rings. The fourth-order valence-electron chi connectivity index (χ4n) is 3.86. The van der Waals surface area contributed by atoms with Crippen molar-refractivity contribution in [2.75, 3.05) is 17.7 Å². The first-order chi connectivity index (χ1) is 12.5. The predicted molar refractivity (Wildman–Crippen MR) is 99.1 cm³/mol. The zero-order valence-electron chi connectivity index (χ0n) is 15.3. The lowest BCUT2D eigenvalue weighted by Gasteiger charge is -2.29. The highest BCUT2D eigenvalue weighted by Crippen LogP contribution is 2.25. The van der Waals surface area contributed by atoms with E-state index in [1.807, 2.05) is 0 Å². The third-order valence-electron chi connectivity index (χ3n) is 5.38. The second kappa shape index (κ2) is 8.64. The van der Waals surface area contributed by atoms with Gasteiger partial charge < -0.3 is 26.2 Å². The monoisotopic (exact) mass is 363 g/mol. The number of nitrogens with one attached hydrogen (secondary N) is 2. The summed E-state index contributed by atoms with van der Waals surface area (Å²) in [5.74, 6) is 0.380. The maximum Gasteiger partial charge on any atom is 0.254 e. The van der Waals surface area contributed by atoms with Crippen LogP contribution < -0.4 is 16.4 Å². The minimum atomic E-state index is -0.559. The molecule has 0 radical (unpaired) electrons. The summed E-state index contributed by atoms with van der Waals surface area (Å²) in [5.41, 5.74) is 5.75. The maximum atomic E-state index is 11.7. The Hall–Kier alpha value is -1.93. The number of methoxy groups -OCH3 is 1. The zero-order valence-corrected chi connectivity index (χ0v) is 15.3. The largest absolute Gasteiger partial charge is 0.393 e. The predicted octanol–water partition coefficient (Wildman–Crippen LogP) is 1.66. The Morgan fingerprint density at radius 3 is 2.62 bits per heavy atom. The number of primary amides is 1. The minimum Gasteiger partial charge on any atom is -0.393 e. The van der Waals surface area contributed by atoms with Crippen LogP contribution in [0, 0.1) is 0 Å². The average molecular weight is 363 g/mol. The quantitative estimate of drug-likeness (QED) is 0.606. The molecule has 3 rings (SSSR count). The number of anilines is 2. The van der Waals surface area contributed by atoms with Crippen molar-refractivity contribution in [1.82, 2.24) is 9.97 Å². The van der Waals surface area contributed by atoms with Crippen LogP contribution >= 0.6 is 0 Å². The number of rotatable bonds is 6. The summed E-state index contributed by atoms with van der Waals surface area (Å²) in [4.78, 5) is 20.5. The van der Waals surface area contributed by atoms with Gasteiger partial charge in [-0.15, -0.1) is 0 Å². The summed E-state index contributed by atoms with van der Waals surface area (Å²) >= 11 is 0. The number of ether oxygens (including phenoxy) is 1. The molecule has 2 saturated carbocycles. The minimum absolute atomic E-state index is 0.0803. The van der Waals surface area contributed by atoms with Crippen molar-refractivity contribution in [3.63, 3.8) is 0 Å². The first-order valence-corrected chi connectivity index (χ1v) is 9.46. The second-order valence-electron chi connectivity index (χ2n) is 7.34. The Labute approximate surface area is 153 Å². The summed E-state index contributed by atoms with van der Waals surface area (Å²) in [6.07, 6.45) is 8.86. The molecule has 0 aliphatic heterocycles. The number of amides is 1. The summed E-state index contributed by atoms with van der Waals surface area (Å²) in [5, 5.41) is 16.5. The van der Waals surface area contributed by atoms with Crippen molar-refractivity contribution in [1.29, 1.82) is 0 Å². The number of hydrogen-bond donors (Lipinski definition) is 4. The molecule has 8 nitrogen and oxygen atoms in total. The number of hydrogen-bond acceptors (Lipinski definition) is 7.